The highest BCUT2D eigenvalue weighted by molar-refractivity contribution is 5.34. The maximum Gasteiger partial charge on any atom is 0.129 e. The standard InChI is InChI=1S/C10H16N4/c1-2-9-3-10(14-7-13-9)12-6-8-4-11-5-8/h3,7-8,11H,2,4-6H2,1H3,(H,12,13,14). The lowest BCUT2D eigenvalue weighted by Gasteiger charge is -2.27. The van der Waals surface area contributed by atoms with Crippen LogP contribution in [0.2, 0.25) is 0 Å². The highest BCUT2D eigenvalue weighted by Gasteiger charge is 2.15. The number of nitrogens with one attached hydrogen (secondary N) is 2. The van der Waals surface area contributed by atoms with Gasteiger partial charge in [0.1, 0.15) is 12.1 Å². The van der Waals surface area contributed by atoms with Crippen LogP contribution in [-0.4, -0.2) is 29.6 Å². The Morgan fingerprint density at radius 2 is 2.36 bits per heavy atom. The average Bonchev–Trinajstić information content (AvgIpc) is 2.16. The van der Waals surface area contributed by atoms with Gasteiger partial charge in [-0.2, -0.15) is 0 Å². The third-order valence-electron chi connectivity index (χ3n) is 2.52. The zero-order chi connectivity index (χ0) is 9.80. The van der Waals surface area contributed by atoms with Crippen LogP contribution in [0.1, 0.15) is 12.6 Å². The van der Waals surface area contributed by atoms with Crippen LogP contribution in [0, 0.1) is 5.92 Å². The van der Waals surface area contributed by atoms with Crippen molar-refractivity contribution in [2.75, 3.05) is 25.0 Å². The topological polar surface area (TPSA) is 49.8 Å². The van der Waals surface area contributed by atoms with Gasteiger partial charge >= 0.3 is 0 Å². The van der Waals surface area contributed by atoms with E-state index in [1.165, 1.54) is 0 Å². The Balaban J connectivity index is 1.87. The number of aryl methyl sites for hydroxylation is 1. The molecule has 76 valence electrons. The fourth-order valence-electron chi connectivity index (χ4n) is 1.43. The summed E-state index contributed by atoms with van der Waals surface area (Å²) in [5, 5.41) is 6.58. The molecule has 0 aliphatic carbocycles. The third kappa shape index (κ3) is 2.20. The van der Waals surface area contributed by atoms with E-state index in [-0.39, 0.29) is 0 Å². The van der Waals surface area contributed by atoms with Crippen LogP contribution in [0.15, 0.2) is 12.4 Å². The average molecular weight is 192 g/mol. The molecule has 0 amide bonds. The van der Waals surface area contributed by atoms with E-state index in [0.29, 0.717) is 0 Å². The molecule has 0 unspecified atom stereocenters. The molecule has 0 saturated carbocycles. The van der Waals surface area contributed by atoms with Crippen molar-refractivity contribution >= 4 is 5.82 Å². The molecule has 1 saturated heterocycles. The first kappa shape index (κ1) is 9.40. The van der Waals surface area contributed by atoms with Crippen LogP contribution in [0.5, 0.6) is 0 Å². The van der Waals surface area contributed by atoms with Crippen LogP contribution >= 0.6 is 0 Å². The van der Waals surface area contributed by atoms with Gasteiger partial charge in [0.15, 0.2) is 0 Å². The molecule has 2 N–H and O–H groups in total. The first-order valence-corrected chi connectivity index (χ1v) is 5.14. The summed E-state index contributed by atoms with van der Waals surface area (Å²) in [4.78, 5) is 8.33. The van der Waals surface area contributed by atoms with E-state index in [2.05, 4.69) is 27.5 Å². The van der Waals surface area contributed by atoms with Crippen LogP contribution in [0.25, 0.3) is 0 Å². The molecule has 2 heterocycles. The van der Waals surface area contributed by atoms with E-state index >= 15 is 0 Å². The highest BCUT2D eigenvalue weighted by Crippen LogP contribution is 2.07. The zero-order valence-corrected chi connectivity index (χ0v) is 8.45. The second kappa shape index (κ2) is 4.37. The molecule has 0 spiro atoms. The normalized spacial score (nSPS) is 16.4. The monoisotopic (exact) mass is 192 g/mol. The van der Waals surface area contributed by atoms with E-state index in [1.807, 2.05) is 6.07 Å². The number of rotatable bonds is 4. The summed E-state index contributed by atoms with van der Waals surface area (Å²) in [6.07, 6.45) is 2.59. The Morgan fingerprint density at radius 3 is 3.00 bits per heavy atom. The Kier molecular flexibility index (Phi) is 2.93. The Morgan fingerprint density at radius 1 is 1.50 bits per heavy atom. The predicted molar refractivity (Wildman–Crippen MR) is 56.3 cm³/mol. The van der Waals surface area contributed by atoms with Crippen molar-refractivity contribution in [1.29, 1.82) is 0 Å². The van der Waals surface area contributed by atoms with Gasteiger partial charge in [0.25, 0.3) is 0 Å². The molecule has 1 aliphatic rings. The van der Waals surface area contributed by atoms with Crippen molar-refractivity contribution in [2.24, 2.45) is 5.92 Å². The van der Waals surface area contributed by atoms with Gasteiger partial charge in [-0.3, -0.25) is 0 Å². The molecule has 4 nitrogen and oxygen atoms in total. The fourth-order valence-corrected chi connectivity index (χ4v) is 1.43. The summed E-state index contributed by atoms with van der Waals surface area (Å²) in [5.74, 6) is 1.71. The van der Waals surface area contributed by atoms with Gasteiger partial charge in [0.05, 0.1) is 0 Å². The van der Waals surface area contributed by atoms with Crippen LogP contribution in [0.3, 0.4) is 0 Å². The van der Waals surface area contributed by atoms with Gasteiger partial charge in [-0.25, -0.2) is 9.97 Å². The number of anilines is 1. The molecule has 1 aromatic heterocycles. The van der Waals surface area contributed by atoms with Gasteiger partial charge in [0.2, 0.25) is 0 Å². The first-order valence-electron chi connectivity index (χ1n) is 5.14. The van der Waals surface area contributed by atoms with Gasteiger partial charge in [-0.15, -0.1) is 0 Å². The van der Waals surface area contributed by atoms with Gasteiger partial charge in [-0.05, 0) is 6.42 Å². The lowest BCUT2D eigenvalue weighted by Crippen LogP contribution is -2.45. The summed E-state index contributed by atoms with van der Waals surface area (Å²) < 4.78 is 0. The number of hydrogen-bond acceptors (Lipinski definition) is 4. The maximum absolute atomic E-state index is 4.18. The predicted octanol–water partition coefficient (Wildman–Crippen LogP) is 0.670. The Bertz CT molecular complexity index is 296. The van der Waals surface area contributed by atoms with E-state index in [4.69, 9.17) is 0 Å². The number of aromatic nitrogens is 2. The molecule has 1 fully saturated rings. The van der Waals surface area contributed by atoms with E-state index in [1.54, 1.807) is 6.33 Å². The second-order valence-corrected chi connectivity index (χ2v) is 3.65. The molecule has 0 radical (unpaired) electrons. The van der Waals surface area contributed by atoms with Crippen molar-refractivity contribution in [3.05, 3.63) is 18.1 Å². The van der Waals surface area contributed by atoms with Crippen LogP contribution in [-0.2, 0) is 6.42 Å². The molecule has 0 bridgehead atoms. The maximum atomic E-state index is 4.18. The molecular weight excluding hydrogens is 176 g/mol. The summed E-state index contributed by atoms with van der Waals surface area (Å²) in [6, 6.07) is 2.02. The minimum Gasteiger partial charge on any atom is -0.370 e. The summed E-state index contributed by atoms with van der Waals surface area (Å²) in [7, 11) is 0. The highest BCUT2D eigenvalue weighted by atomic mass is 15.0. The largest absolute Gasteiger partial charge is 0.370 e. The molecule has 14 heavy (non-hydrogen) atoms. The number of nitrogens with zero attached hydrogens (tertiary/aromatic N) is 2. The zero-order valence-electron chi connectivity index (χ0n) is 8.45. The van der Waals surface area contributed by atoms with Crippen LogP contribution < -0.4 is 10.6 Å². The molecule has 0 atom stereocenters. The van der Waals surface area contributed by atoms with E-state index in [0.717, 1.165) is 43.5 Å². The van der Waals surface area contributed by atoms with Crippen molar-refractivity contribution in [2.45, 2.75) is 13.3 Å². The lowest BCUT2D eigenvalue weighted by molar-refractivity contribution is 0.365. The van der Waals surface area contributed by atoms with E-state index < -0.39 is 0 Å². The Hall–Kier alpha value is -1.16. The minimum atomic E-state index is 0.759. The smallest absolute Gasteiger partial charge is 0.129 e. The van der Waals surface area contributed by atoms with Gasteiger partial charge in [-0.1, -0.05) is 6.92 Å². The Labute approximate surface area is 84.2 Å². The molecule has 1 aliphatic heterocycles. The van der Waals surface area contributed by atoms with Crippen molar-refractivity contribution in [1.82, 2.24) is 15.3 Å². The molecule has 2 rings (SSSR count). The first-order chi connectivity index (χ1) is 6.88. The van der Waals surface area contributed by atoms with Crippen molar-refractivity contribution in [3.63, 3.8) is 0 Å². The van der Waals surface area contributed by atoms with Crippen molar-refractivity contribution < 1.29 is 0 Å². The summed E-state index contributed by atoms with van der Waals surface area (Å²) in [5.41, 5.74) is 1.09. The lowest BCUT2D eigenvalue weighted by atomic mass is 10.0. The third-order valence-corrected chi connectivity index (χ3v) is 2.52. The van der Waals surface area contributed by atoms with Gasteiger partial charge < -0.3 is 10.6 Å². The second-order valence-electron chi connectivity index (χ2n) is 3.65. The molecular formula is C10H16N4. The summed E-state index contributed by atoms with van der Waals surface area (Å²) in [6.45, 7) is 5.35. The van der Waals surface area contributed by atoms with Crippen molar-refractivity contribution in [3.8, 4) is 0 Å². The molecule has 0 aromatic carbocycles. The van der Waals surface area contributed by atoms with E-state index in [9.17, 15) is 0 Å². The minimum absolute atomic E-state index is 0.759. The van der Waals surface area contributed by atoms with Gasteiger partial charge in [0, 0.05) is 37.3 Å². The SMILES string of the molecule is CCc1cc(NCC2CNC2)ncn1. The fraction of sp³-hybridized carbons (Fsp3) is 0.600. The number of hydrogen-bond donors (Lipinski definition) is 2. The molecule has 1 aromatic rings. The summed E-state index contributed by atoms with van der Waals surface area (Å²) >= 11 is 0. The quantitative estimate of drug-likeness (QED) is 0.736. The molecule has 4 heteroatoms. The van der Waals surface area contributed by atoms with Crippen LogP contribution in [0.4, 0.5) is 5.82 Å².